The van der Waals surface area contributed by atoms with Gasteiger partial charge in [-0.25, -0.2) is 4.79 Å². The number of hydrogen-bond acceptors (Lipinski definition) is 8. The van der Waals surface area contributed by atoms with Crippen molar-refractivity contribution >= 4 is 11.9 Å². The lowest BCUT2D eigenvalue weighted by Gasteiger charge is -2.69. The molecule has 1 heterocycles. The maximum atomic E-state index is 14.2. The maximum Gasteiger partial charge on any atom is 0.334 e. The van der Waals surface area contributed by atoms with Crippen molar-refractivity contribution in [3.63, 3.8) is 0 Å². The molecule has 0 spiro atoms. The number of aliphatic hydroxyl groups is 2. The second-order valence-electron chi connectivity index (χ2n) is 16.5. The molecule has 8 heteroatoms. The van der Waals surface area contributed by atoms with E-state index in [1.165, 1.54) is 6.92 Å². The summed E-state index contributed by atoms with van der Waals surface area (Å²) < 4.78 is 17.6. The first-order chi connectivity index (χ1) is 23.2. The fourth-order valence-electron chi connectivity index (χ4n) is 11.1. The number of carbonyl (C=O) groups is 2. The number of aromatic nitrogens is 1. The van der Waals surface area contributed by atoms with Crippen LogP contribution >= 0.6 is 0 Å². The lowest BCUT2D eigenvalue weighted by molar-refractivity contribution is -0.234. The molecule has 10 atom stereocenters. The molecule has 6 rings (SSSR count). The van der Waals surface area contributed by atoms with Gasteiger partial charge in [0.1, 0.15) is 11.8 Å². The van der Waals surface area contributed by atoms with Crippen LogP contribution in [0, 0.1) is 39.9 Å². The van der Waals surface area contributed by atoms with Crippen LogP contribution in [0.1, 0.15) is 106 Å². The topological polar surface area (TPSA) is 119 Å². The Labute approximate surface area is 291 Å². The number of allylic oxidation sites excluding steroid dienone is 2. The minimum atomic E-state index is -0.593. The summed E-state index contributed by atoms with van der Waals surface area (Å²) >= 11 is 0. The summed E-state index contributed by atoms with van der Waals surface area (Å²) in [6.07, 6.45) is 6.28. The average Bonchev–Trinajstić information content (AvgIpc) is 3.63. The molecule has 0 unspecified atom stereocenters. The predicted molar refractivity (Wildman–Crippen MR) is 187 cm³/mol. The van der Waals surface area contributed by atoms with E-state index in [1.54, 1.807) is 6.07 Å². The Bertz CT molecular complexity index is 1610. The summed E-state index contributed by atoms with van der Waals surface area (Å²) in [6, 6.07) is 11.5. The Morgan fingerprint density at radius 2 is 1.76 bits per heavy atom. The first kappa shape index (κ1) is 35.6. The van der Waals surface area contributed by atoms with Crippen molar-refractivity contribution in [2.45, 2.75) is 125 Å². The van der Waals surface area contributed by atoms with Gasteiger partial charge in [-0.1, -0.05) is 74.8 Å². The number of rotatable bonds is 8. The minimum Gasteiger partial charge on any atom is -0.458 e. The first-order valence-electron chi connectivity index (χ1n) is 18.3. The van der Waals surface area contributed by atoms with Crippen molar-refractivity contribution in [2.75, 3.05) is 0 Å². The zero-order valence-electron chi connectivity index (χ0n) is 30.3. The SMILES string of the molecule is CC(=O)O[C@H]1C[C@@]2(C)[C@@H](C[C@@H](O)[C@H]3[C@@]4(C)CC[C@@H](O)[C@@H](C)[C@@H]4CC[C@@]32C)/C1=C(\CCC=C(C)C)C(=O)OCc1cc(-c2ccccc2)no1. The van der Waals surface area contributed by atoms with Crippen LogP contribution in [0.15, 0.2) is 63.7 Å². The molecule has 1 aromatic carbocycles. The van der Waals surface area contributed by atoms with Crippen LogP contribution in [-0.4, -0.2) is 45.6 Å². The van der Waals surface area contributed by atoms with E-state index < -0.39 is 18.2 Å². The number of nitrogens with zero attached hydrogens (tertiary/aromatic N) is 1. The van der Waals surface area contributed by atoms with E-state index in [0.29, 0.717) is 48.6 Å². The highest BCUT2D eigenvalue weighted by Crippen LogP contribution is 2.74. The Morgan fingerprint density at radius 1 is 1.02 bits per heavy atom. The summed E-state index contributed by atoms with van der Waals surface area (Å²) in [4.78, 5) is 26.9. The third-order valence-corrected chi connectivity index (χ3v) is 13.5. The van der Waals surface area contributed by atoms with Crippen molar-refractivity contribution in [3.8, 4) is 11.3 Å². The molecule has 0 radical (unpaired) electrons. The van der Waals surface area contributed by atoms with E-state index in [4.69, 9.17) is 14.0 Å². The number of fused-ring (bicyclic) bond motifs is 5. The molecule has 49 heavy (non-hydrogen) atoms. The smallest absolute Gasteiger partial charge is 0.334 e. The van der Waals surface area contributed by atoms with Crippen LogP contribution in [0.25, 0.3) is 11.3 Å². The quantitative estimate of drug-likeness (QED) is 0.165. The van der Waals surface area contributed by atoms with Crippen molar-refractivity contribution in [1.82, 2.24) is 5.16 Å². The van der Waals surface area contributed by atoms with Gasteiger partial charge in [0.2, 0.25) is 0 Å². The van der Waals surface area contributed by atoms with E-state index in [9.17, 15) is 19.8 Å². The fourth-order valence-corrected chi connectivity index (χ4v) is 11.1. The fraction of sp³-hybridized carbons (Fsp3) is 0.634. The summed E-state index contributed by atoms with van der Waals surface area (Å²) in [5.41, 5.74) is 3.34. The zero-order chi connectivity index (χ0) is 35.3. The molecule has 4 aliphatic carbocycles. The van der Waals surface area contributed by atoms with Gasteiger partial charge in [-0.15, -0.1) is 0 Å². The number of aliphatic hydroxyl groups excluding tert-OH is 2. The van der Waals surface area contributed by atoms with Crippen molar-refractivity contribution in [2.24, 2.45) is 39.9 Å². The lowest BCUT2D eigenvalue weighted by atomic mass is 9.36. The molecule has 4 saturated carbocycles. The molecule has 0 bridgehead atoms. The molecule has 2 aromatic rings. The zero-order valence-corrected chi connectivity index (χ0v) is 30.3. The van der Waals surface area contributed by atoms with Crippen LogP contribution in [-0.2, 0) is 25.7 Å². The summed E-state index contributed by atoms with van der Waals surface area (Å²) in [5, 5.41) is 27.3. The molecular weight excluding hydrogens is 618 g/mol. The van der Waals surface area contributed by atoms with Crippen molar-refractivity contribution in [1.29, 1.82) is 0 Å². The Hall–Kier alpha value is -3.23. The van der Waals surface area contributed by atoms with E-state index in [0.717, 1.165) is 42.4 Å². The molecule has 4 aliphatic rings. The molecule has 1 aromatic heterocycles. The van der Waals surface area contributed by atoms with Gasteiger partial charge in [-0.3, -0.25) is 4.79 Å². The Kier molecular flexibility index (Phi) is 9.79. The number of ether oxygens (including phenoxy) is 2. The number of esters is 2. The Morgan fingerprint density at radius 3 is 2.45 bits per heavy atom. The second kappa shape index (κ2) is 13.5. The van der Waals surface area contributed by atoms with Gasteiger partial charge in [0, 0.05) is 24.1 Å². The van der Waals surface area contributed by atoms with Crippen LogP contribution in [0.3, 0.4) is 0 Å². The highest BCUT2D eigenvalue weighted by Gasteiger charge is 2.70. The normalized spacial score (nSPS) is 37.7. The maximum absolute atomic E-state index is 14.2. The second-order valence-corrected chi connectivity index (χ2v) is 16.5. The molecule has 0 amide bonds. The third kappa shape index (κ3) is 6.22. The summed E-state index contributed by atoms with van der Waals surface area (Å²) in [5.74, 6) is -0.0263. The van der Waals surface area contributed by atoms with Gasteiger partial charge in [-0.2, -0.15) is 0 Å². The van der Waals surface area contributed by atoms with E-state index >= 15 is 0 Å². The van der Waals surface area contributed by atoms with Gasteiger partial charge in [-0.05, 0) is 111 Å². The van der Waals surface area contributed by atoms with Crippen LogP contribution in [0.5, 0.6) is 0 Å². The number of hydrogen-bond donors (Lipinski definition) is 2. The van der Waals surface area contributed by atoms with Crippen molar-refractivity contribution < 1.29 is 33.8 Å². The Balaban J connectivity index is 1.37. The third-order valence-electron chi connectivity index (χ3n) is 13.5. The van der Waals surface area contributed by atoms with E-state index in [2.05, 4.69) is 38.9 Å². The summed E-state index contributed by atoms with van der Waals surface area (Å²) in [7, 11) is 0. The minimum absolute atomic E-state index is 0.0265. The highest BCUT2D eigenvalue weighted by molar-refractivity contribution is 5.90. The van der Waals surface area contributed by atoms with Crippen LogP contribution in [0.2, 0.25) is 0 Å². The van der Waals surface area contributed by atoms with Gasteiger partial charge >= 0.3 is 11.9 Å². The van der Waals surface area contributed by atoms with Crippen LogP contribution < -0.4 is 0 Å². The van der Waals surface area contributed by atoms with Gasteiger partial charge in [0.15, 0.2) is 12.4 Å². The lowest BCUT2D eigenvalue weighted by Crippen LogP contribution is -2.65. The molecule has 4 fully saturated rings. The predicted octanol–water partition coefficient (Wildman–Crippen LogP) is 7.98. The highest BCUT2D eigenvalue weighted by atomic mass is 16.6. The average molecular weight is 674 g/mol. The monoisotopic (exact) mass is 673 g/mol. The molecule has 2 N–H and O–H groups in total. The molecule has 266 valence electrons. The van der Waals surface area contributed by atoms with Gasteiger partial charge < -0.3 is 24.2 Å². The largest absolute Gasteiger partial charge is 0.458 e. The summed E-state index contributed by atoms with van der Waals surface area (Å²) in [6.45, 7) is 14.6. The van der Waals surface area contributed by atoms with Crippen LogP contribution in [0.4, 0.5) is 0 Å². The molecule has 0 aliphatic heterocycles. The molecular formula is C41H55NO7. The molecule has 0 saturated heterocycles. The standard InChI is InChI=1S/C41H55NO7/c1-24(2)12-11-15-29(38(46)47-23-28-20-32(42-49-28)27-13-9-8-10-14-27)36-31-21-34(45)37-39(5)18-17-33(44)25(3)30(39)16-19-40(37,6)41(31,7)22-35(36)48-26(4)43/h8-10,12-14,20,25,30-31,33-35,37,44-45H,11,15-19,21-23H2,1-7H3/b36-29-/t25-,30-,31-,33+,34+,35-,37-,39-,40-,41-/m0/s1. The number of benzene rings is 1. The van der Waals surface area contributed by atoms with Gasteiger partial charge in [0.05, 0.1) is 12.2 Å². The first-order valence-corrected chi connectivity index (χ1v) is 18.3. The van der Waals surface area contributed by atoms with E-state index in [-0.39, 0.29) is 52.7 Å². The van der Waals surface area contributed by atoms with Crippen molar-refractivity contribution in [3.05, 3.63) is 65.0 Å². The van der Waals surface area contributed by atoms with Gasteiger partial charge in [0.25, 0.3) is 0 Å². The van der Waals surface area contributed by atoms with E-state index in [1.807, 2.05) is 44.2 Å². The number of carbonyl (C=O) groups excluding carboxylic acids is 2. The molecule has 8 nitrogen and oxygen atoms in total.